The quantitative estimate of drug-likeness (QED) is 0.481. The lowest BCUT2D eigenvalue weighted by molar-refractivity contribution is -0.386. The SMILES string of the molecule is Cc1nn(CCC(=O)Nc2nccn2Cc2ccccc2Cl)c(C)c1[N+](=O)[O-]. The van der Waals surface area contributed by atoms with Crippen LogP contribution in [0.1, 0.15) is 23.4 Å². The van der Waals surface area contributed by atoms with Gasteiger partial charge in [0.15, 0.2) is 0 Å². The molecule has 1 N–H and O–H groups in total. The van der Waals surface area contributed by atoms with Crippen LogP contribution in [0.4, 0.5) is 11.6 Å². The Bertz CT molecular complexity index is 1030. The number of imidazole rings is 1. The second-order valence-corrected chi connectivity index (χ2v) is 6.68. The number of nitrogens with zero attached hydrogens (tertiary/aromatic N) is 5. The van der Waals surface area contributed by atoms with Crippen molar-refractivity contribution in [1.29, 1.82) is 0 Å². The van der Waals surface area contributed by atoms with E-state index in [2.05, 4.69) is 15.4 Å². The van der Waals surface area contributed by atoms with Crippen LogP contribution in [0.25, 0.3) is 0 Å². The number of nitrogens with one attached hydrogen (secondary N) is 1. The summed E-state index contributed by atoms with van der Waals surface area (Å²) in [7, 11) is 0. The molecular formula is C18H19ClN6O3. The molecule has 0 aliphatic rings. The molecule has 2 aromatic heterocycles. The molecule has 0 radical (unpaired) electrons. The first kappa shape index (κ1) is 19.6. The second kappa shape index (κ2) is 8.22. The predicted molar refractivity (Wildman–Crippen MR) is 104 cm³/mol. The van der Waals surface area contributed by atoms with Crippen LogP contribution in [0, 0.1) is 24.0 Å². The molecule has 146 valence electrons. The Morgan fingerprint density at radius 3 is 2.75 bits per heavy atom. The minimum Gasteiger partial charge on any atom is -0.313 e. The highest BCUT2D eigenvalue weighted by Crippen LogP contribution is 2.22. The van der Waals surface area contributed by atoms with E-state index in [1.165, 1.54) is 4.68 Å². The highest BCUT2D eigenvalue weighted by atomic mass is 35.5. The van der Waals surface area contributed by atoms with Gasteiger partial charge in [-0.3, -0.25) is 24.9 Å². The van der Waals surface area contributed by atoms with Crippen LogP contribution in [0.5, 0.6) is 0 Å². The lowest BCUT2D eigenvalue weighted by atomic mass is 10.2. The number of aryl methyl sites for hydroxylation is 2. The first-order valence-electron chi connectivity index (χ1n) is 8.59. The predicted octanol–water partition coefficient (Wildman–Crippen LogP) is 3.34. The first-order valence-corrected chi connectivity index (χ1v) is 8.97. The summed E-state index contributed by atoms with van der Waals surface area (Å²) in [5.74, 6) is 0.145. The Hall–Kier alpha value is -3.20. The summed E-state index contributed by atoms with van der Waals surface area (Å²) >= 11 is 6.19. The number of nitro groups is 1. The molecule has 0 saturated carbocycles. The van der Waals surface area contributed by atoms with Crippen LogP contribution in [0.3, 0.4) is 0 Å². The number of halogens is 1. The lowest BCUT2D eigenvalue weighted by Crippen LogP contribution is -2.18. The van der Waals surface area contributed by atoms with Crippen LogP contribution in [-0.4, -0.2) is 30.2 Å². The van der Waals surface area contributed by atoms with Gasteiger partial charge < -0.3 is 4.57 Å². The van der Waals surface area contributed by atoms with Gasteiger partial charge in [0.1, 0.15) is 11.4 Å². The summed E-state index contributed by atoms with van der Waals surface area (Å²) in [6.45, 7) is 3.90. The molecule has 0 saturated heterocycles. The van der Waals surface area contributed by atoms with E-state index in [0.29, 0.717) is 28.9 Å². The highest BCUT2D eigenvalue weighted by Gasteiger charge is 2.22. The van der Waals surface area contributed by atoms with Gasteiger partial charge in [-0.25, -0.2) is 4.98 Å². The number of amides is 1. The zero-order valence-corrected chi connectivity index (χ0v) is 16.2. The van der Waals surface area contributed by atoms with E-state index in [-0.39, 0.29) is 24.6 Å². The second-order valence-electron chi connectivity index (χ2n) is 6.27. The summed E-state index contributed by atoms with van der Waals surface area (Å²) < 4.78 is 3.26. The van der Waals surface area contributed by atoms with Gasteiger partial charge >= 0.3 is 5.69 Å². The summed E-state index contributed by atoms with van der Waals surface area (Å²) in [4.78, 5) is 27.1. The molecule has 0 aliphatic heterocycles. The molecule has 0 aliphatic carbocycles. The molecule has 3 rings (SSSR count). The van der Waals surface area contributed by atoms with E-state index in [1.807, 2.05) is 18.2 Å². The molecule has 0 spiro atoms. The standard InChI is InChI=1S/C18H19ClN6O3/c1-12-17(25(27)28)13(2)24(22-12)9-7-16(26)21-18-20-8-10-23(18)11-14-5-3-4-6-15(14)19/h3-6,8,10H,7,9,11H2,1-2H3,(H,20,21,26). The van der Waals surface area contributed by atoms with Crippen LogP contribution in [0.2, 0.25) is 5.02 Å². The molecule has 0 bridgehead atoms. The summed E-state index contributed by atoms with van der Waals surface area (Å²) in [5.41, 5.74) is 1.65. The smallest absolute Gasteiger partial charge is 0.312 e. The van der Waals surface area contributed by atoms with E-state index < -0.39 is 4.92 Å². The van der Waals surface area contributed by atoms with Gasteiger partial charge in [-0.15, -0.1) is 0 Å². The molecular weight excluding hydrogens is 384 g/mol. The normalized spacial score (nSPS) is 10.8. The lowest BCUT2D eigenvalue weighted by Gasteiger charge is -2.10. The number of aromatic nitrogens is 4. The minimum absolute atomic E-state index is 0.0179. The maximum atomic E-state index is 12.3. The molecule has 0 fully saturated rings. The average molecular weight is 403 g/mol. The Balaban J connectivity index is 1.64. The number of rotatable bonds is 7. The topological polar surface area (TPSA) is 108 Å². The fourth-order valence-electron chi connectivity index (χ4n) is 2.94. The van der Waals surface area contributed by atoms with Crippen molar-refractivity contribution in [2.75, 3.05) is 5.32 Å². The fourth-order valence-corrected chi connectivity index (χ4v) is 3.13. The molecule has 9 nitrogen and oxygen atoms in total. The van der Waals surface area contributed by atoms with Crippen molar-refractivity contribution in [3.8, 4) is 0 Å². The molecule has 10 heteroatoms. The van der Waals surface area contributed by atoms with Crippen LogP contribution < -0.4 is 5.32 Å². The number of carbonyl (C=O) groups excluding carboxylic acids is 1. The van der Waals surface area contributed by atoms with Gasteiger partial charge in [-0.1, -0.05) is 29.8 Å². The Morgan fingerprint density at radius 1 is 1.32 bits per heavy atom. The Morgan fingerprint density at radius 2 is 2.07 bits per heavy atom. The van der Waals surface area contributed by atoms with Crippen LogP contribution in [0.15, 0.2) is 36.7 Å². The number of anilines is 1. The summed E-state index contributed by atoms with van der Waals surface area (Å²) in [6.07, 6.45) is 3.46. The Labute approximate surface area is 166 Å². The first-order chi connectivity index (χ1) is 13.4. The van der Waals surface area contributed by atoms with E-state index in [1.54, 1.807) is 36.9 Å². The number of carbonyl (C=O) groups is 1. The van der Waals surface area contributed by atoms with Gasteiger partial charge in [0.05, 0.1) is 18.0 Å². The van der Waals surface area contributed by atoms with Crippen LogP contribution in [-0.2, 0) is 17.9 Å². The van der Waals surface area contributed by atoms with Gasteiger partial charge in [0, 0.05) is 23.8 Å². The molecule has 28 heavy (non-hydrogen) atoms. The average Bonchev–Trinajstić information content (AvgIpc) is 3.18. The van der Waals surface area contributed by atoms with Crippen LogP contribution >= 0.6 is 11.6 Å². The molecule has 1 aromatic carbocycles. The molecule has 0 atom stereocenters. The van der Waals surface area contributed by atoms with Crippen molar-refractivity contribution >= 4 is 29.1 Å². The van der Waals surface area contributed by atoms with E-state index in [0.717, 1.165) is 5.56 Å². The maximum Gasteiger partial charge on any atom is 0.312 e. The monoisotopic (exact) mass is 402 g/mol. The highest BCUT2D eigenvalue weighted by molar-refractivity contribution is 6.31. The molecule has 0 unspecified atom stereocenters. The zero-order valence-electron chi connectivity index (χ0n) is 15.4. The third kappa shape index (κ3) is 4.20. The van der Waals surface area contributed by atoms with Gasteiger partial charge in [-0.05, 0) is 25.5 Å². The van der Waals surface area contributed by atoms with Gasteiger partial charge in [0.2, 0.25) is 11.9 Å². The van der Waals surface area contributed by atoms with E-state index in [9.17, 15) is 14.9 Å². The number of hydrogen-bond acceptors (Lipinski definition) is 5. The summed E-state index contributed by atoms with van der Waals surface area (Å²) in [5, 5.41) is 18.6. The Kier molecular flexibility index (Phi) is 5.74. The van der Waals surface area contributed by atoms with Gasteiger partial charge in [0.25, 0.3) is 0 Å². The van der Waals surface area contributed by atoms with Gasteiger partial charge in [-0.2, -0.15) is 5.10 Å². The van der Waals surface area contributed by atoms with Crippen molar-refractivity contribution < 1.29 is 9.72 Å². The van der Waals surface area contributed by atoms with Crippen molar-refractivity contribution in [2.24, 2.45) is 0 Å². The van der Waals surface area contributed by atoms with Crippen molar-refractivity contribution in [3.05, 3.63) is 68.7 Å². The fraction of sp³-hybridized carbons (Fsp3) is 0.278. The summed E-state index contributed by atoms with van der Waals surface area (Å²) in [6, 6.07) is 7.46. The molecule has 1 amide bonds. The molecule has 2 heterocycles. The minimum atomic E-state index is -0.459. The zero-order chi connectivity index (χ0) is 20.3. The van der Waals surface area contributed by atoms with Crippen molar-refractivity contribution in [1.82, 2.24) is 19.3 Å². The van der Waals surface area contributed by atoms with Crippen molar-refractivity contribution in [2.45, 2.75) is 33.4 Å². The largest absolute Gasteiger partial charge is 0.313 e. The third-order valence-corrected chi connectivity index (χ3v) is 4.71. The van der Waals surface area contributed by atoms with E-state index in [4.69, 9.17) is 11.6 Å². The number of hydrogen-bond donors (Lipinski definition) is 1. The van der Waals surface area contributed by atoms with E-state index >= 15 is 0 Å². The van der Waals surface area contributed by atoms with Crippen molar-refractivity contribution in [3.63, 3.8) is 0 Å². The number of benzene rings is 1. The maximum absolute atomic E-state index is 12.3. The molecule has 3 aromatic rings. The third-order valence-electron chi connectivity index (χ3n) is 4.34.